The minimum Gasteiger partial charge on any atom is -0.478 e. The van der Waals surface area contributed by atoms with Crippen molar-refractivity contribution in [2.24, 2.45) is 0 Å². The smallest absolute Gasteiger partial charge is 0.360 e. The van der Waals surface area contributed by atoms with Crippen LogP contribution < -0.4 is 9.80 Å². The molecule has 0 saturated carbocycles. The fraction of sp³-hybridized carbons (Fsp3) is 0.176. The summed E-state index contributed by atoms with van der Waals surface area (Å²) in [6.07, 6.45) is 0. The molecule has 1 aliphatic heterocycles. The number of carbonyl (C=O) groups is 2. The summed E-state index contributed by atoms with van der Waals surface area (Å²) in [5, 5.41) is 20.6. The Morgan fingerprint density at radius 3 is 1.88 bits per heavy atom. The Balaban J connectivity index is 2.13. The predicted molar refractivity (Wildman–Crippen MR) is 101 cm³/mol. The molecule has 2 amide bonds. The highest BCUT2D eigenvalue weighted by atomic mass is 79.9. The zero-order valence-corrected chi connectivity index (χ0v) is 16.2. The van der Waals surface area contributed by atoms with E-state index in [-0.39, 0.29) is 0 Å². The molecule has 25 heavy (non-hydrogen) atoms. The number of anilines is 2. The van der Waals surface area contributed by atoms with E-state index in [2.05, 4.69) is 31.9 Å². The van der Waals surface area contributed by atoms with E-state index in [0.29, 0.717) is 11.4 Å². The molecule has 1 fully saturated rings. The minimum atomic E-state index is -2.39. The largest absolute Gasteiger partial charge is 0.478 e. The molecular formula is C17H14Br2N2O4. The van der Waals surface area contributed by atoms with Crippen molar-refractivity contribution in [3.05, 3.63) is 57.5 Å². The maximum atomic E-state index is 13.0. The zero-order valence-electron chi connectivity index (χ0n) is 13.1. The lowest BCUT2D eigenvalue weighted by molar-refractivity contribution is -0.157. The number of carboxylic acid groups (broad SMARTS) is 1. The number of benzene rings is 2. The zero-order chi connectivity index (χ0) is 18.4. The van der Waals surface area contributed by atoms with Gasteiger partial charge in [-0.15, -0.1) is 0 Å². The SMILES string of the molecule is C[C@H]1N(c2ccc(Br)cc2)C(=O)N(c2ccc(Br)cc2)C1(O)C(=O)O. The number of aliphatic carboxylic acids is 1. The molecule has 3 rings (SSSR count). The average Bonchev–Trinajstić information content (AvgIpc) is 2.77. The van der Waals surface area contributed by atoms with Crippen LogP contribution in [0.1, 0.15) is 6.92 Å². The molecule has 1 heterocycles. The van der Waals surface area contributed by atoms with Crippen molar-refractivity contribution in [1.82, 2.24) is 0 Å². The fourth-order valence-electron chi connectivity index (χ4n) is 2.89. The summed E-state index contributed by atoms with van der Waals surface area (Å²) < 4.78 is 1.60. The number of nitrogens with zero attached hydrogens (tertiary/aromatic N) is 2. The van der Waals surface area contributed by atoms with Gasteiger partial charge in [0.1, 0.15) is 0 Å². The number of hydrogen-bond acceptors (Lipinski definition) is 3. The van der Waals surface area contributed by atoms with Gasteiger partial charge in [-0.25, -0.2) is 9.59 Å². The Kier molecular flexibility index (Phi) is 4.61. The van der Waals surface area contributed by atoms with E-state index in [0.717, 1.165) is 13.8 Å². The number of aliphatic hydroxyl groups is 1. The van der Waals surface area contributed by atoms with E-state index >= 15 is 0 Å². The Morgan fingerprint density at radius 1 is 1.00 bits per heavy atom. The van der Waals surface area contributed by atoms with Crippen LogP contribution in [-0.2, 0) is 4.79 Å². The Morgan fingerprint density at radius 2 is 1.44 bits per heavy atom. The summed E-state index contributed by atoms with van der Waals surface area (Å²) in [6.45, 7) is 1.51. The van der Waals surface area contributed by atoms with Crippen LogP contribution in [0, 0.1) is 0 Å². The van der Waals surface area contributed by atoms with Crippen LogP contribution >= 0.6 is 31.9 Å². The molecule has 1 unspecified atom stereocenters. The summed E-state index contributed by atoms with van der Waals surface area (Å²) in [6, 6.07) is 11.8. The Labute approximate surface area is 160 Å². The number of amides is 2. The van der Waals surface area contributed by atoms with E-state index < -0.39 is 23.8 Å². The van der Waals surface area contributed by atoms with Crippen LogP contribution in [0.3, 0.4) is 0 Å². The summed E-state index contributed by atoms with van der Waals surface area (Å²) >= 11 is 6.62. The van der Waals surface area contributed by atoms with Crippen molar-refractivity contribution in [1.29, 1.82) is 0 Å². The molecule has 2 aromatic carbocycles. The number of carboxylic acids is 1. The first-order chi connectivity index (χ1) is 11.8. The molecule has 0 radical (unpaired) electrons. The third kappa shape index (κ3) is 2.84. The van der Waals surface area contributed by atoms with Gasteiger partial charge in [-0.2, -0.15) is 0 Å². The second kappa shape index (κ2) is 6.44. The van der Waals surface area contributed by atoms with Crippen LogP contribution in [0.4, 0.5) is 16.2 Å². The van der Waals surface area contributed by atoms with Crippen LogP contribution in [0.25, 0.3) is 0 Å². The molecule has 8 heteroatoms. The molecule has 2 N–H and O–H groups in total. The predicted octanol–water partition coefficient (Wildman–Crippen LogP) is 3.82. The van der Waals surface area contributed by atoms with Crippen LogP contribution in [0.15, 0.2) is 57.5 Å². The van der Waals surface area contributed by atoms with Gasteiger partial charge in [-0.1, -0.05) is 31.9 Å². The fourth-order valence-corrected chi connectivity index (χ4v) is 3.42. The summed E-state index contributed by atoms with van der Waals surface area (Å²) in [4.78, 5) is 27.1. The third-order valence-electron chi connectivity index (χ3n) is 4.21. The normalized spacial score (nSPS) is 23.2. The molecule has 0 aliphatic carbocycles. The number of carbonyl (C=O) groups excluding carboxylic acids is 1. The summed E-state index contributed by atoms with van der Waals surface area (Å²) in [5.41, 5.74) is -1.60. The van der Waals surface area contributed by atoms with Crippen LogP contribution in [-0.4, -0.2) is 34.0 Å². The lowest BCUT2D eigenvalue weighted by Gasteiger charge is -2.30. The highest BCUT2D eigenvalue weighted by molar-refractivity contribution is 9.10. The van der Waals surface area contributed by atoms with Crippen molar-refractivity contribution in [2.45, 2.75) is 18.7 Å². The lowest BCUT2D eigenvalue weighted by atomic mass is 10.0. The van der Waals surface area contributed by atoms with E-state index in [1.807, 2.05) is 0 Å². The first kappa shape index (κ1) is 17.9. The lowest BCUT2D eigenvalue weighted by Crippen LogP contribution is -2.57. The quantitative estimate of drug-likeness (QED) is 0.715. The molecule has 2 aromatic rings. The average molecular weight is 470 g/mol. The molecule has 130 valence electrons. The highest BCUT2D eigenvalue weighted by Gasteiger charge is 2.61. The molecule has 2 atom stereocenters. The minimum absolute atomic E-state index is 0.296. The molecule has 0 spiro atoms. The Hall–Kier alpha value is -1.90. The standard InChI is InChI=1S/C17H14Br2N2O4/c1-10-17(25,15(22)23)21(14-8-4-12(19)5-9-14)16(24)20(10)13-6-2-11(18)3-7-13/h2-10,25H,1H3,(H,22,23)/t10-,17?/m1/s1. The van der Waals surface area contributed by atoms with Crippen molar-refractivity contribution in [2.75, 3.05) is 9.80 Å². The van der Waals surface area contributed by atoms with E-state index in [9.17, 15) is 19.8 Å². The Bertz CT molecular complexity index is 826. The van der Waals surface area contributed by atoms with Gasteiger partial charge in [-0.05, 0) is 55.5 Å². The van der Waals surface area contributed by atoms with Crippen LogP contribution in [0.2, 0.25) is 0 Å². The van der Waals surface area contributed by atoms with E-state index in [1.54, 1.807) is 48.5 Å². The van der Waals surface area contributed by atoms with Gasteiger partial charge < -0.3 is 10.2 Å². The number of rotatable bonds is 3. The topological polar surface area (TPSA) is 81.1 Å². The van der Waals surface area contributed by atoms with Crippen molar-refractivity contribution in [3.8, 4) is 0 Å². The van der Waals surface area contributed by atoms with Gasteiger partial charge in [0.2, 0.25) is 0 Å². The van der Waals surface area contributed by atoms with Gasteiger partial charge in [-0.3, -0.25) is 9.80 Å². The first-order valence-corrected chi connectivity index (χ1v) is 8.95. The van der Waals surface area contributed by atoms with Gasteiger partial charge in [0.05, 0.1) is 6.04 Å². The molecular weight excluding hydrogens is 456 g/mol. The molecule has 6 nitrogen and oxygen atoms in total. The van der Waals surface area contributed by atoms with E-state index in [1.165, 1.54) is 11.8 Å². The number of urea groups is 1. The molecule has 0 aromatic heterocycles. The van der Waals surface area contributed by atoms with Crippen molar-refractivity contribution in [3.63, 3.8) is 0 Å². The van der Waals surface area contributed by atoms with Gasteiger partial charge in [0.25, 0.3) is 5.72 Å². The molecule has 1 saturated heterocycles. The number of halogens is 2. The second-order valence-corrected chi connectivity index (χ2v) is 7.48. The third-order valence-corrected chi connectivity index (χ3v) is 5.27. The second-order valence-electron chi connectivity index (χ2n) is 5.65. The molecule has 0 bridgehead atoms. The van der Waals surface area contributed by atoms with Gasteiger partial charge in [0, 0.05) is 20.3 Å². The summed E-state index contributed by atoms with van der Waals surface area (Å²) in [7, 11) is 0. The van der Waals surface area contributed by atoms with Crippen molar-refractivity contribution < 1.29 is 19.8 Å². The van der Waals surface area contributed by atoms with Crippen LogP contribution in [0.5, 0.6) is 0 Å². The maximum Gasteiger partial charge on any atom is 0.360 e. The monoisotopic (exact) mass is 468 g/mol. The first-order valence-electron chi connectivity index (χ1n) is 7.37. The summed E-state index contributed by atoms with van der Waals surface area (Å²) in [5.74, 6) is -1.49. The molecule has 1 aliphatic rings. The van der Waals surface area contributed by atoms with Gasteiger partial charge in [0.15, 0.2) is 0 Å². The van der Waals surface area contributed by atoms with E-state index in [4.69, 9.17) is 0 Å². The van der Waals surface area contributed by atoms with Crippen molar-refractivity contribution >= 4 is 55.2 Å². The van der Waals surface area contributed by atoms with Gasteiger partial charge >= 0.3 is 12.0 Å². The highest BCUT2D eigenvalue weighted by Crippen LogP contribution is 2.39. The number of hydrogen-bond donors (Lipinski definition) is 2. The maximum absolute atomic E-state index is 13.0.